The van der Waals surface area contributed by atoms with E-state index in [4.69, 9.17) is 0 Å². The number of rotatable bonds is 3. The average molecular weight is 278 g/mol. The molecule has 0 N–H and O–H groups in total. The van der Waals surface area contributed by atoms with Gasteiger partial charge >= 0.3 is 0 Å². The van der Waals surface area contributed by atoms with E-state index in [1.807, 2.05) is 9.80 Å². The highest BCUT2D eigenvalue weighted by atomic mass is 16.2. The Balaban J connectivity index is 1.53. The highest BCUT2D eigenvalue weighted by Gasteiger charge is 2.33. The highest BCUT2D eigenvalue weighted by molar-refractivity contribution is 5.81. The third kappa shape index (κ3) is 3.33. The average Bonchev–Trinajstić information content (AvgIpc) is 3.31. The van der Waals surface area contributed by atoms with E-state index in [9.17, 15) is 9.59 Å². The Hall–Kier alpha value is -1.06. The Morgan fingerprint density at radius 1 is 0.850 bits per heavy atom. The van der Waals surface area contributed by atoms with Crippen LogP contribution in [0.25, 0.3) is 0 Å². The van der Waals surface area contributed by atoms with Gasteiger partial charge in [-0.25, -0.2) is 0 Å². The van der Waals surface area contributed by atoms with Gasteiger partial charge in [0, 0.05) is 32.6 Å². The van der Waals surface area contributed by atoms with Crippen molar-refractivity contribution in [1.29, 1.82) is 0 Å². The second-order valence-corrected chi connectivity index (χ2v) is 6.71. The fourth-order valence-electron chi connectivity index (χ4n) is 3.48. The first-order valence-electron chi connectivity index (χ1n) is 8.30. The molecule has 2 saturated heterocycles. The fraction of sp³-hybridized carbons (Fsp3) is 0.875. The summed E-state index contributed by atoms with van der Waals surface area (Å²) in [6, 6.07) is 0. The SMILES string of the molecule is O=C(CC1CC1)N1CCC[C@@H](C(=O)N2CCCCC2)C1. The van der Waals surface area contributed by atoms with Gasteiger partial charge in [-0.05, 0) is 50.9 Å². The Morgan fingerprint density at radius 2 is 1.55 bits per heavy atom. The van der Waals surface area contributed by atoms with E-state index in [2.05, 4.69) is 0 Å². The largest absolute Gasteiger partial charge is 0.342 e. The maximum Gasteiger partial charge on any atom is 0.227 e. The van der Waals surface area contributed by atoms with Gasteiger partial charge in [-0.15, -0.1) is 0 Å². The molecule has 20 heavy (non-hydrogen) atoms. The Kier molecular flexibility index (Phi) is 4.27. The summed E-state index contributed by atoms with van der Waals surface area (Å²) in [6.45, 7) is 3.37. The van der Waals surface area contributed by atoms with Gasteiger partial charge in [-0.3, -0.25) is 9.59 Å². The van der Waals surface area contributed by atoms with Gasteiger partial charge in [0.15, 0.2) is 0 Å². The van der Waals surface area contributed by atoms with Crippen LogP contribution in [-0.2, 0) is 9.59 Å². The molecule has 4 heteroatoms. The molecule has 1 saturated carbocycles. The molecule has 2 aliphatic heterocycles. The third-order valence-electron chi connectivity index (χ3n) is 4.95. The van der Waals surface area contributed by atoms with E-state index in [0.29, 0.717) is 24.8 Å². The molecule has 3 rings (SSSR count). The molecule has 4 nitrogen and oxygen atoms in total. The van der Waals surface area contributed by atoms with Crippen LogP contribution in [0, 0.1) is 11.8 Å². The van der Waals surface area contributed by atoms with Gasteiger partial charge in [-0.2, -0.15) is 0 Å². The molecule has 3 fully saturated rings. The predicted octanol–water partition coefficient (Wildman–Crippen LogP) is 2.04. The molecule has 2 heterocycles. The zero-order chi connectivity index (χ0) is 13.9. The number of carbonyl (C=O) groups excluding carboxylic acids is 2. The molecular weight excluding hydrogens is 252 g/mol. The van der Waals surface area contributed by atoms with Crippen molar-refractivity contribution in [2.24, 2.45) is 11.8 Å². The highest BCUT2D eigenvalue weighted by Crippen LogP contribution is 2.33. The summed E-state index contributed by atoms with van der Waals surface area (Å²) in [5, 5.41) is 0. The number of likely N-dealkylation sites (tertiary alicyclic amines) is 2. The number of amides is 2. The van der Waals surface area contributed by atoms with Crippen LogP contribution in [0.5, 0.6) is 0 Å². The van der Waals surface area contributed by atoms with Gasteiger partial charge in [0.05, 0.1) is 5.92 Å². The summed E-state index contributed by atoms with van der Waals surface area (Å²) in [5.41, 5.74) is 0. The van der Waals surface area contributed by atoms with Gasteiger partial charge in [-0.1, -0.05) is 0 Å². The van der Waals surface area contributed by atoms with Gasteiger partial charge in [0.1, 0.15) is 0 Å². The van der Waals surface area contributed by atoms with Crippen LogP contribution in [0.1, 0.15) is 51.4 Å². The monoisotopic (exact) mass is 278 g/mol. The van der Waals surface area contributed by atoms with E-state index >= 15 is 0 Å². The molecule has 0 unspecified atom stereocenters. The molecule has 0 spiro atoms. The maximum atomic E-state index is 12.5. The minimum absolute atomic E-state index is 0.0602. The molecule has 0 aromatic heterocycles. The summed E-state index contributed by atoms with van der Waals surface area (Å²) in [7, 11) is 0. The molecule has 3 aliphatic rings. The van der Waals surface area contributed by atoms with Gasteiger partial charge in [0.25, 0.3) is 0 Å². The first kappa shape index (κ1) is 13.9. The predicted molar refractivity (Wildman–Crippen MR) is 77.1 cm³/mol. The summed E-state index contributed by atoms with van der Waals surface area (Å²) in [5.74, 6) is 1.28. The second-order valence-electron chi connectivity index (χ2n) is 6.71. The van der Waals surface area contributed by atoms with Crippen molar-refractivity contribution in [2.45, 2.75) is 51.4 Å². The molecule has 1 atom stereocenters. The van der Waals surface area contributed by atoms with E-state index in [1.54, 1.807) is 0 Å². The zero-order valence-corrected chi connectivity index (χ0v) is 12.4. The van der Waals surface area contributed by atoms with Crippen LogP contribution < -0.4 is 0 Å². The van der Waals surface area contributed by atoms with E-state index in [-0.39, 0.29) is 11.8 Å². The maximum absolute atomic E-state index is 12.5. The number of hydrogen-bond donors (Lipinski definition) is 0. The van der Waals surface area contributed by atoms with E-state index in [0.717, 1.165) is 45.3 Å². The van der Waals surface area contributed by atoms with Crippen LogP contribution in [0.4, 0.5) is 0 Å². The lowest BCUT2D eigenvalue weighted by molar-refractivity contribution is -0.141. The van der Waals surface area contributed by atoms with Crippen molar-refractivity contribution in [2.75, 3.05) is 26.2 Å². The number of carbonyl (C=O) groups is 2. The van der Waals surface area contributed by atoms with Gasteiger partial charge < -0.3 is 9.80 Å². The Morgan fingerprint density at radius 3 is 2.25 bits per heavy atom. The van der Waals surface area contributed by atoms with Crippen LogP contribution in [0.3, 0.4) is 0 Å². The molecule has 0 aromatic rings. The van der Waals surface area contributed by atoms with Crippen molar-refractivity contribution in [3.63, 3.8) is 0 Å². The van der Waals surface area contributed by atoms with Crippen LogP contribution in [-0.4, -0.2) is 47.8 Å². The molecule has 0 bridgehead atoms. The molecule has 1 aliphatic carbocycles. The summed E-state index contributed by atoms with van der Waals surface area (Å²) in [4.78, 5) is 28.7. The van der Waals surface area contributed by atoms with Gasteiger partial charge in [0.2, 0.25) is 11.8 Å². The van der Waals surface area contributed by atoms with Crippen LogP contribution >= 0.6 is 0 Å². The Labute approximate surface area is 121 Å². The molecule has 0 radical (unpaired) electrons. The topological polar surface area (TPSA) is 40.6 Å². The Bertz CT molecular complexity index is 373. The lowest BCUT2D eigenvalue weighted by Crippen LogP contribution is -2.48. The number of hydrogen-bond acceptors (Lipinski definition) is 2. The van der Waals surface area contributed by atoms with E-state index in [1.165, 1.54) is 19.3 Å². The minimum atomic E-state index is 0.0602. The molecule has 2 amide bonds. The standard InChI is InChI=1S/C16H26N2O2/c19-15(11-13-6-7-13)18-10-4-5-14(12-18)16(20)17-8-2-1-3-9-17/h13-14H,1-12H2/t14-/m1/s1. The lowest BCUT2D eigenvalue weighted by Gasteiger charge is -2.36. The zero-order valence-electron chi connectivity index (χ0n) is 12.4. The van der Waals surface area contributed by atoms with Crippen molar-refractivity contribution in [1.82, 2.24) is 9.80 Å². The molecular formula is C16H26N2O2. The summed E-state index contributed by atoms with van der Waals surface area (Å²) < 4.78 is 0. The first-order chi connectivity index (χ1) is 9.74. The van der Waals surface area contributed by atoms with Crippen molar-refractivity contribution >= 4 is 11.8 Å². The molecule has 112 valence electrons. The smallest absolute Gasteiger partial charge is 0.227 e. The fourth-order valence-corrected chi connectivity index (χ4v) is 3.48. The van der Waals surface area contributed by atoms with E-state index < -0.39 is 0 Å². The second kappa shape index (κ2) is 6.15. The summed E-state index contributed by atoms with van der Waals surface area (Å²) >= 11 is 0. The van der Waals surface area contributed by atoms with Crippen LogP contribution in [0.2, 0.25) is 0 Å². The first-order valence-corrected chi connectivity index (χ1v) is 8.30. The number of piperidine rings is 2. The molecule has 0 aromatic carbocycles. The van der Waals surface area contributed by atoms with Crippen molar-refractivity contribution in [3.05, 3.63) is 0 Å². The number of nitrogens with zero attached hydrogens (tertiary/aromatic N) is 2. The quantitative estimate of drug-likeness (QED) is 0.792. The lowest BCUT2D eigenvalue weighted by atomic mass is 9.95. The van der Waals surface area contributed by atoms with Crippen molar-refractivity contribution in [3.8, 4) is 0 Å². The summed E-state index contributed by atoms with van der Waals surface area (Å²) in [6.07, 6.45) is 8.63. The third-order valence-corrected chi connectivity index (χ3v) is 4.95. The minimum Gasteiger partial charge on any atom is -0.342 e. The van der Waals surface area contributed by atoms with Crippen LogP contribution in [0.15, 0.2) is 0 Å². The van der Waals surface area contributed by atoms with Crippen molar-refractivity contribution < 1.29 is 9.59 Å². The normalized spacial score (nSPS) is 27.5.